The SMILES string of the molecule is CCCC=CC(=O)CCCCCCCCCCCCC. The number of ketones is 1. The van der Waals surface area contributed by atoms with Crippen LogP contribution in [0.3, 0.4) is 0 Å². The second-order valence-corrected chi connectivity index (χ2v) is 5.94. The summed E-state index contributed by atoms with van der Waals surface area (Å²) < 4.78 is 0. The molecule has 0 atom stereocenters. The average molecular weight is 280 g/mol. The third kappa shape index (κ3) is 15.5. The Morgan fingerprint density at radius 1 is 0.700 bits per heavy atom. The van der Waals surface area contributed by atoms with Gasteiger partial charge >= 0.3 is 0 Å². The summed E-state index contributed by atoms with van der Waals surface area (Å²) in [5, 5.41) is 0. The van der Waals surface area contributed by atoms with Gasteiger partial charge < -0.3 is 0 Å². The molecule has 0 saturated carbocycles. The number of rotatable bonds is 15. The summed E-state index contributed by atoms with van der Waals surface area (Å²) in [6, 6.07) is 0. The lowest BCUT2D eigenvalue weighted by molar-refractivity contribution is -0.114. The molecule has 0 bridgehead atoms. The number of carbonyl (C=O) groups is 1. The van der Waals surface area contributed by atoms with Crippen molar-refractivity contribution < 1.29 is 4.79 Å². The van der Waals surface area contributed by atoms with Crippen LogP contribution in [0.4, 0.5) is 0 Å². The van der Waals surface area contributed by atoms with Crippen LogP contribution in [0.2, 0.25) is 0 Å². The molecule has 0 unspecified atom stereocenters. The first kappa shape index (κ1) is 19.4. The zero-order valence-corrected chi connectivity index (χ0v) is 14.0. The normalized spacial score (nSPS) is 11.3. The Kier molecular flexibility index (Phi) is 16.0. The van der Waals surface area contributed by atoms with Crippen LogP contribution < -0.4 is 0 Å². The Labute approximate surface area is 127 Å². The standard InChI is InChI=1S/C19H36O/c1-3-5-7-8-9-10-11-12-13-14-16-18-19(20)17-15-6-4-2/h15,17H,3-14,16,18H2,1-2H3. The molecular formula is C19H36O. The summed E-state index contributed by atoms with van der Waals surface area (Å²) in [4.78, 5) is 11.5. The number of unbranched alkanes of at least 4 members (excludes halogenated alkanes) is 11. The smallest absolute Gasteiger partial charge is 0.155 e. The van der Waals surface area contributed by atoms with Crippen LogP contribution in [0.5, 0.6) is 0 Å². The van der Waals surface area contributed by atoms with Crippen LogP contribution in [0.15, 0.2) is 12.2 Å². The van der Waals surface area contributed by atoms with E-state index >= 15 is 0 Å². The largest absolute Gasteiger partial charge is 0.295 e. The molecule has 0 heterocycles. The van der Waals surface area contributed by atoms with E-state index in [1.54, 1.807) is 6.08 Å². The van der Waals surface area contributed by atoms with Gasteiger partial charge in [-0.2, -0.15) is 0 Å². The number of carbonyl (C=O) groups excluding carboxylic acids is 1. The van der Waals surface area contributed by atoms with E-state index in [4.69, 9.17) is 0 Å². The van der Waals surface area contributed by atoms with E-state index in [0.29, 0.717) is 5.78 Å². The molecule has 1 heteroatoms. The van der Waals surface area contributed by atoms with Crippen molar-refractivity contribution in [3.8, 4) is 0 Å². The van der Waals surface area contributed by atoms with Crippen molar-refractivity contribution in [1.29, 1.82) is 0 Å². The zero-order chi connectivity index (χ0) is 14.9. The summed E-state index contributed by atoms with van der Waals surface area (Å²) >= 11 is 0. The van der Waals surface area contributed by atoms with Crippen molar-refractivity contribution in [3.63, 3.8) is 0 Å². The van der Waals surface area contributed by atoms with E-state index in [9.17, 15) is 4.79 Å². The van der Waals surface area contributed by atoms with Gasteiger partial charge in [-0.3, -0.25) is 4.79 Å². The second-order valence-electron chi connectivity index (χ2n) is 5.94. The van der Waals surface area contributed by atoms with Crippen LogP contribution >= 0.6 is 0 Å². The minimum Gasteiger partial charge on any atom is -0.295 e. The summed E-state index contributed by atoms with van der Waals surface area (Å²) in [7, 11) is 0. The quantitative estimate of drug-likeness (QED) is 0.243. The molecule has 0 amide bonds. The van der Waals surface area contributed by atoms with E-state index in [1.165, 1.54) is 64.2 Å². The van der Waals surface area contributed by atoms with Crippen LogP contribution in [0.1, 0.15) is 104 Å². The van der Waals surface area contributed by atoms with Gasteiger partial charge in [0.15, 0.2) is 5.78 Å². The molecule has 0 saturated heterocycles. The van der Waals surface area contributed by atoms with E-state index in [0.717, 1.165) is 25.7 Å². The molecule has 20 heavy (non-hydrogen) atoms. The van der Waals surface area contributed by atoms with E-state index < -0.39 is 0 Å². The van der Waals surface area contributed by atoms with Crippen molar-refractivity contribution in [1.82, 2.24) is 0 Å². The lowest BCUT2D eigenvalue weighted by atomic mass is 10.0. The lowest BCUT2D eigenvalue weighted by Gasteiger charge is -2.02. The molecule has 118 valence electrons. The maximum absolute atomic E-state index is 11.5. The molecule has 0 aliphatic rings. The first-order chi connectivity index (χ1) is 9.81. The van der Waals surface area contributed by atoms with Gasteiger partial charge in [-0.15, -0.1) is 0 Å². The third-order valence-electron chi connectivity index (χ3n) is 3.79. The number of hydrogen-bond donors (Lipinski definition) is 0. The van der Waals surface area contributed by atoms with Gasteiger partial charge in [0, 0.05) is 6.42 Å². The summed E-state index contributed by atoms with van der Waals surface area (Å²) in [5.74, 6) is 0.314. The minimum atomic E-state index is 0.314. The molecule has 0 aliphatic heterocycles. The van der Waals surface area contributed by atoms with Crippen LogP contribution in [0, 0.1) is 0 Å². The molecule has 0 fully saturated rings. The Balaban J connectivity index is 3.14. The molecule has 0 radical (unpaired) electrons. The van der Waals surface area contributed by atoms with Gasteiger partial charge in [-0.1, -0.05) is 90.6 Å². The molecule has 0 aromatic carbocycles. The van der Waals surface area contributed by atoms with Crippen LogP contribution in [0.25, 0.3) is 0 Å². The molecule has 0 aromatic rings. The van der Waals surface area contributed by atoms with Crippen LogP contribution in [-0.4, -0.2) is 5.78 Å². The summed E-state index contributed by atoms with van der Waals surface area (Å²) in [6.45, 7) is 4.41. The fourth-order valence-corrected chi connectivity index (χ4v) is 2.43. The molecule has 0 aliphatic carbocycles. The van der Waals surface area contributed by atoms with Gasteiger partial charge in [-0.25, -0.2) is 0 Å². The molecular weight excluding hydrogens is 244 g/mol. The van der Waals surface area contributed by atoms with Gasteiger partial charge in [0.25, 0.3) is 0 Å². The molecule has 1 nitrogen and oxygen atoms in total. The first-order valence-electron chi connectivity index (χ1n) is 9.00. The highest BCUT2D eigenvalue weighted by molar-refractivity contribution is 5.89. The Bertz CT molecular complexity index is 230. The van der Waals surface area contributed by atoms with Gasteiger partial charge in [0.05, 0.1) is 0 Å². The molecule has 0 rings (SSSR count). The summed E-state index contributed by atoms with van der Waals surface area (Å²) in [6.07, 6.45) is 21.5. The topological polar surface area (TPSA) is 17.1 Å². The predicted molar refractivity (Wildman–Crippen MR) is 90.1 cm³/mol. The highest BCUT2D eigenvalue weighted by Gasteiger charge is 1.97. The molecule has 0 N–H and O–H groups in total. The first-order valence-corrected chi connectivity index (χ1v) is 9.00. The Hall–Kier alpha value is -0.590. The maximum atomic E-state index is 11.5. The molecule has 0 aromatic heterocycles. The number of hydrogen-bond acceptors (Lipinski definition) is 1. The fourth-order valence-electron chi connectivity index (χ4n) is 2.43. The summed E-state index contributed by atoms with van der Waals surface area (Å²) in [5.41, 5.74) is 0. The zero-order valence-electron chi connectivity index (χ0n) is 14.0. The van der Waals surface area contributed by atoms with Crippen molar-refractivity contribution in [3.05, 3.63) is 12.2 Å². The lowest BCUT2D eigenvalue weighted by Crippen LogP contribution is -1.92. The second kappa shape index (κ2) is 16.5. The van der Waals surface area contributed by atoms with Gasteiger partial charge in [-0.05, 0) is 18.9 Å². The predicted octanol–water partition coefficient (Wildman–Crippen LogP) is 6.61. The van der Waals surface area contributed by atoms with E-state index in [1.807, 2.05) is 6.08 Å². The fraction of sp³-hybridized carbons (Fsp3) is 0.842. The highest BCUT2D eigenvalue weighted by Crippen LogP contribution is 2.12. The van der Waals surface area contributed by atoms with Crippen molar-refractivity contribution in [2.75, 3.05) is 0 Å². The Morgan fingerprint density at radius 2 is 1.20 bits per heavy atom. The van der Waals surface area contributed by atoms with Crippen molar-refractivity contribution >= 4 is 5.78 Å². The van der Waals surface area contributed by atoms with E-state index in [2.05, 4.69) is 13.8 Å². The van der Waals surface area contributed by atoms with Crippen LogP contribution in [-0.2, 0) is 4.79 Å². The van der Waals surface area contributed by atoms with Gasteiger partial charge in [0.1, 0.15) is 0 Å². The maximum Gasteiger partial charge on any atom is 0.155 e. The van der Waals surface area contributed by atoms with Crippen molar-refractivity contribution in [2.45, 2.75) is 104 Å². The Morgan fingerprint density at radius 3 is 1.70 bits per heavy atom. The third-order valence-corrected chi connectivity index (χ3v) is 3.79. The molecule has 0 spiro atoms. The monoisotopic (exact) mass is 280 g/mol. The average Bonchev–Trinajstić information content (AvgIpc) is 2.45. The van der Waals surface area contributed by atoms with Crippen molar-refractivity contribution in [2.24, 2.45) is 0 Å². The van der Waals surface area contributed by atoms with E-state index in [-0.39, 0.29) is 0 Å². The highest BCUT2D eigenvalue weighted by atomic mass is 16.1. The number of allylic oxidation sites excluding steroid dienone is 2. The van der Waals surface area contributed by atoms with Gasteiger partial charge in [0.2, 0.25) is 0 Å². The minimum absolute atomic E-state index is 0.314.